The molecule has 25 heavy (non-hydrogen) atoms. The molecule has 0 radical (unpaired) electrons. The van der Waals surface area contributed by atoms with Crippen LogP contribution in [0.3, 0.4) is 0 Å². The third kappa shape index (κ3) is 2.23. The standard InChI is InChI=1S/C20H18N2O2S/c23-17-12-6-2-1-5-11(12)9-10-14(17)18-21-19(24)16-13-7-3-4-8-15(13)25-20(16)22-18/h1-2,5-6,9-10,18,22-23H,3-4,7-8H2,(H,21,24). The molecule has 2 aliphatic rings. The van der Waals surface area contributed by atoms with Crippen molar-refractivity contribution in [1.82, 2.24) is 5.32 Å². The Balaban J connectivity index is 1.58. The van der Waals surface area contributed by atoms with Crippen LogP contribution >= 0.6 is 11.3 Å². The number of fused-ring (bicyclic) bond motifs is 4. The molecular formula is C20H18N2O2S. The SMILES string of the molecule is O=C1NC(c2ccc3ccccc3c2O)Nc2sc3c(c21)CCCC3. The topological polar surface area (TPSA) is 61.4 Å². The molecule has 4 nitrogen and oxygen atoms in total. The Hall–Kier alpha value is -2.53. The number of phenols is 1. The summed E-state index contributed by atoms with van der Waals surface area (Å²) in [6.45, 7) is 0. The Morgan fingerprint density at radius 3 is 2.80 bits per heavy atom. The number of anilines is 1. The van der Waals surface area contributed by atoms with Gasteiger partial charge in [0.2, 0.25) is 0 Å². The number of aryl methyl sites for hydroxylation is 1. The summed E-state index contributed by atoms with van der Waals surface area (Å²) in [6, 6.07) is 11.6. The molecule has 2 heterocycles. The highest BCUT2D eigenvalue weighted by molar-refractivity contribution is 7.16. The predicted octanol–water partition coefficient (Wildman–Crippen LogP) is 4.34. The molecule has 1 atom stereocenters. The Morgan fingerprint density at radius 1 is 1.04 bits per heavy atom. The first kappa shape index (κ1) is 14.8. The van der Waals surface area contributed by atoms with Crippen LogP contribution in [0.15, 0.2) is 36.4 Å². The lowest BCUT2D eigenvalue weighted by Crippen LogP contribution is -2.38. The van der Waals surface area contributed by atoms with Crippen LogP contribution in [0.4, 0.5) is 5.00 Å². The van der Waals surface area contributed by atoms with Crippen LogP contribution in [0.5, 0.6) is 5.75 Å². The number of rotatable bonds is 1. The van der Waals surface area contributed by atoms with E-state index in [-0.39, 0.29) is 11.7 Å². The van der Waals surface area contributed by atoms with Crippen LogP contribution in [0, 0.1) is 0 Å². The molecule has 2 aromatic carbocycles. The minimum atomic E-state index is -0.412. The molecule has 0 saturated heterocycles. The number of benzene rings is 2. The fourth-order valence-electron chi connectivity index (χ4n) is 3.94. The minimum absolute atomic E-state index is 0.0364. The molecule has 126 valence electrons. The summed E-state index contributed by atoms with van der Waals surface area (Å²) in [7, 11) is 0. The number of amides is 1. The van der Waals surface area contributed by atoms with E-state index in [1.807, 2.05) is 36.4 Å². The van der Waals surface area contributed by atoms with Crippen molar-refractivity contribution >= 4 is 33.0 Å². The molecule has 1 aromatic heterocycles. The third-order valence-corrected chi connectivity index (χ3v) is 6.42. The van der Waals surface area contributed by atoms with E-state index in [9.17, 15) is 9.90 Å². The van der Waals surface area contributed by atoms with E-state index in [0.717, 1.165) is 40.6 Å². The first-order valence-electron chi connectivity index (χ1n) is 8.65. The number of carbonyl (C=O) groups excluding carboxylic acids is 1. The van der Waals surface area contributed by atoms with Crippen molar-refractivity contribution in [3.63, 3.8) is 0 Å². The predicted molar refractivity (Wildman–Crippen MR) is 100 cm³/mol. The van der Waals surface area contributed by atoms with Gasteiger partial charge in [-0.05, 0) is 36.6 Å². The van der Waals surface area contributed by atoms with Gasteiger partial charge in [-0.3, -0.25) is 4.79 Å². The van der Waals surface area contributed by atoms with Crippen molar-refractivity contribution in [2.75, 3.05) is 5.32 Å². The molecule has 0 saturated carbocycles. The van der Waals surface area contributed by atoms with Crippen molar-refractivity contribution in [2.24, 2.45) is 0 Å². The number of phenolic OH excluding ortho intramolecular Hbond substituents is 1. The van der Waals surface area contributed by atoms with Crippen LogP contribution in [0.2, 0.25) is 0 Å². The van der Waals surface area contributed by atoms with Crippen LogP contribution in [-0.2, 0) is 12.8 Å². The van der Waals surface area contributed by atoms with Gasteiger partial charge in [-0.1, -0.05) is 36.4 Å². The maximum atomic E-state index is 12.8. The largest absolute Gasteiger partial charge is 0.507 e. The molecule has 5 rings (SSSR count). The minimum Gasteiger partial charge on any atom is -0.507 e. The first-order valence-corrected chi connectivity index (χ1v) is 9.46. The number of hydrogen-bond donors (Lipinski definition) is 3. The first-order chi connectivity index (χ1) is 12.2. The summed E-state index contributed by atoms with van der Waals surface area (Å²) in [5.74, 6) is 0.186. The fraction of sp³-hybridized carbons (Fsp3) is 0.250. The molecule has 0 spiro atoms. The second kappa shape index (κ2) is 5.49. The summed E-state index contributed by atoms with van der Waals surface area (Å²) >= 11 is 1.70. The molecule has 5 heteroatoms. The monoisotopic (exact) mass is 350 g/mol. The second-order valence-electron chi connectivity index (χ2n) is 6.69. The maximum absolute atomic E-state index is 12.8. The lowest BCUT2D eigenvalue weighted by Gasteiger charge is -2.27. The summed E-state index contributed by atoms with van der Waals surface area (Å²) in [5, 5.41) is 19.9. The summed E-state index contributed by atoms with van der Waals surface area (Å²) in [6.07, 6.45) is 3.99. The van der Waals surface area contributed by atoms with Crippen molar-refractivity contribution in [3.05, 3.63) is 58.0 Å². The zero-order chi connectivity index (χ0) is 17.0. The van der Waals surface area contributed by atoms with Gasteiger partial charge in [0.05, 0.1) is 5.56 Å². The summed E-state index contributed by atoms with van der Waals surface area (Å²) in [5.41, 5.74) is 2.73. The number of hydrogen-bond acceptors (Lipinski definition) is 4. The molecule has 0 bridgehead atoms. The third-order valence-electron chi connectivity index (χ3n) is 5.19. The van der Waals surface area contributed by atoms with E-state index in [1.54, 1.807) is 11.3 Å². The molecular weight excluding hydrogens is 332 g/mol. The van der Waals surface area contributed by atoms with Gasteiger partial charge < -0.3 is 15.7 Å². The highest BCUT2D eigenvalue weighted by Gasteiger charge is 2.33. The molecule has 3 N–H and O–H groups in total. The quantitative estimate of drug-likeness (QED) is 0.612. The van der Waals surface area contributed by atoms with Gasteiger partial charge in [0.25, 0.3) is 5.91 Å². The highest BCUT2D eigenvalue weighted by Crippen LogP contribution is 2.43. The Kier molecular flexibility index (Phi) is 3.25. The highest BCUT2D eigenvalue weighted by atomic mass is 32.1. The lowest BCUT2D eigenvalue weighted by molar-refractivity contribution is 0.0935. The molecule has 1 unspecified atom stereocenters. The van der Waals surface area contributed by atoms with E-state index in [1.165, 1.54) is 16.9 Å². The zero-order valence-corrected chi connectivity index (χ0v) is 14.5. The normalized spacial score (nSPS) is 19.0. The van der Waals surface area contributed by atoms with E-state index >= 15 is 0 Å². The number of nitrogens with one attached hydrogen (secondary N) is 2. The number of aromatic hydroxyl groups is 1. The number of thiophene rings is 1. The maximum Gasteiger partial charge on any atom is 0.256 e. The van der Waals surface area contributed by atoms with Crippen LogP contribution in [-0.4, -0.2) is 11.0 Å². The smallest absolute Gasteiger partial charge is 0.256 e. The zero-order valence-electron chi connectivity index (χ0n) is 13.6. The molecule has 1 aliphatic heterocycles. The number of carbonyl (C=O) groups is 1. The molecule has 3 aromatic rings. The average molecular weight is 350 g/mol. The Bertz CT molecular complexity index is 1010. The van der Waals surface area contributed by atoms with Gasteiger partial charge in [0.15, 0.2) is 0 Å². The second-order valence-corrected chi connectivity index (χ2v) is 7.80. The molecule has 1 aliphatic carbocycles. The Morgan fingerprint density at radius 2 is 1.88 bits per heavy atom. The van der Waals surface area contributed by atoms with Crippen LogP contribution in [0.25, 0.3) is 10.8 Å². The summed E-state index contributed by atoms with van der Waals surface area (Å²) < 4.78 is 0. The van der Waals surface area contributed by atoms with Gasteiger partial charge in [-0.15, -0.1) is 11.3 Å². The van der Waals surface area contributed by atoms with Crippen molar-refractivity contribution < 1.29 is 9.90 Å². The van der Waals surface area contributed by atoms with Gasteiger partial charge in [0.1, 0.15) is 16.9 Å². The lowest BCUT2D eigenvalue weighted by atomic mass is 9.94. The van der Waals surface area contributed by atoms with Crippen LogP contribution in [0.1, 0.15) is 45.4 Å². The van der Waals surface area contributed by atoms with Gasteiger partial charge in [0, 0.05) is 15.8 Å². The van der Waals surface area contributed by atoms with Gasteiger partial charge in [-0.25, -0.2) is 0 Å². The van der Waals surface area contributed by atoms with Crippen molar-refractivity contribution in [1.29, 1.82) is 0 Å². The van der Waals surface area contributed by atoms with Gasteiger partial charge >= 0.3 is 0 Å². The van der Waals surface area contributed by atoms with E-state index in [4.69, 9.17) is 0 Å². The molecule has 1 amide bonds. The average Bonchev–Trinajstić information content (AvgIpc) is 3.01. The van der Waals surface area contributed by atoms with Crippen molar-refractivity contribution in [2.45, 2.75) is 31.8 Å². The van der Waals surface area contributed by atoms with Crippen LogP contribution < -0.4 is 10.6 Å². The van der Waals surface area contributed by atoms with Crippen molar-refractivity contribution in [3.8, 4) is 5.75 Å². The fourth-order valence-corrected chi connectivity index (χ4v) is 5.25. The van der Waals surface area contributed by atoms with E-state index < -0.39 is 6.17 Å². The molecule has 0 fully saturated rings. The Labute approximate surface area is 149 Å². The van der Waals surface area contributed by atoms with Gasteiger partial charge in [-0.2, -0.15) is 0 Å². The van der Waals surface area contributed by atoms with E-state index in [0.29, 0.717) is 5.56 Å². The van der Waals surface area contributed by atoms with E-state index in [2.05, 4.69) is 10.6 Å². The summed E-state index contributed by atoms with van der Waals surface area (Å²) in [4.78, 5) is 14.1.